The molecule has 0 atom stereocenters. The molecule has 3 heterocycles. The Bertz CT molecular complexity index is 1210. The first kappa shape index (κ1) is 15.4. The van der Waals surface area contributed by atoms with Gasteiger partial charge in [0.15, 0.2) is 0 Å². The monoisotopic (exact) mass is 348 g/mol. The van der Waals surface area contributed by atoms with Crippen molar-refractivity contribution < 1.29 is 0 Å². The Hall–Kier alpha value is -3.10. The summed E-state index contributed by atoms with van der Waals surface area (Å²) in [6.07, 6.45) is 2.04. The molecule has 0 aliphatic rings. The highest BCUT2D eigenvalue weighted by Crippen LogP contribution is 2.22. The number of para-hydroxylation sites is 2. The van der Waals surface area contributed by atoms with Crippen LogP contribution in [0.5, 0.6) is 0 Å². The number of fused-ring (bicyclic) bond motifs is 3. The van der Waals surface area contributed by atoms with E-state index in [1.54, 1.807) is 16.7 Å². The molecular weight excluding hydrogens is 336 g/mol. The minimum Gasteiger partial charge on any atom is -0.338 e. The summed E-state index contributed by atoms with van der Waals surface area (Å²) in [6.45, 7) is 1.81. The van der Waals surface area contributed by atoms with Gasteiger partial charge in [-0.2, -0.15) is 5.26 Å². The Morgan fingerprint density at radius 1 is 1.28 bits per heavy atom. The second-order valence-corrected chi connectivity index (χ2v) is 6.27. The summed E-state index contributed by atoms with van der Waals surface area (Å²) in [5.41, 5.74) is 4.61. The number of hydrogen-bond acceptors (Lipinski definition) is 3. The number of H-pyrrole nitrogens is 1. The zero-order valence-corrected chi connectivity index (χ0v) is 14.1. The highest BCUT2D eigenvalue weighted by atomic mass is 35.5. The summed E-state index contributed by atoms with van der Waals surface area (Å²) in [7, 11) is 0. The van der Waals surface area contributed by atoms with Gasteiger partial charge in [0.2, 0.25) is 0 Å². The number of pyridine rings is 2. The normalized spacial score (nSPS) is 11.1. The number of aromatic nitrogens is 3. The van der Waals surface area contributed by atoms with Gasteiger partial charge in [0.05, 0.1) is 16.6 Å². The molecule has 0 unspecified atom stereocenters. The van der Waals surface area contributed by atoms with Crippen LogP contribution in [0, 0.1) is 18.3 Å². The van der Waals surface area contributed by atoms with Gasteiger partial charge in [0.25, 0.3) is 5.56 Å². The van der Waals surface area contributed by atoms with Crippen LogP contribution in [0.3, 0.4) is 0 Å². The first-order valence-electron chi connectivity index (χ1n) is 7.75. The Morgan fingerprint density at radius 3 is 2.80 bits per heavy atom. The Kier molecular flexibility index (Phi) is 3.56. The second-order valence-electron chi connectivity index (χ2n) is 5.89. The smallest absolute Gasteiger partial charge is 0.260 e. The lowest BCUT2D eigenvalue weighted by molar-refractivity contribution is 1.02. The predicted molar refractivity (Wildman–Crippen MR) is 97.0 cm³/mol. The van der Waals surface area contributed by atoms with Crippen LogP contribution in [0.15, 0.2) is 47.4 Å². The Balaban J connectivity index is 2.04. The van der Waals surface area contributed by atoms with Crippen molar-refractivity contribution in [1.29, 1.82) is 5.26 Å². The van der Waals surface area contributed by atoms with E-state index in [0.29, 0.717) is 33.9 Å². The fourth-order valence-electron chi connectivity index (χ4n) is 3.15. The maximum Gasteiger partial charge on any atom is 0.260 e. The molecule has 0 spiro atoms. The van der Waals surface area contributed by atoms with Crippen LogP contribution in [-0.2, 0) is 6.42 Å². The molecule has 3 aromatic heterocycles. The summed E-state index contributed by atoms with van der Waals surface area (Å²) in [5.74, 6) is 0. The molecule has 6 heteroatoms. The quantitative estimate of drug-likeness (QED) is 0.562. The van der Waals surface area contributed by atoms with E-state index in [4.69, 9.17) is 11.6 Å². The molecule has 0 bridgehead atoms. The number of halogens is 1. The van der Waals surface area contributed by atoms with Crippen LogP contribution in [0.25, 0.3) is 16.7 Å². The molecule has 4 rings (SSSR count). The zero-order chi connectivity index (χ0) is 17.6. The number of nitrogens with one attached hydrogen (secondary N) is 1. The lowest BCUT2D eigenvalue weighted by Crippen LogP contribution is -2.21. The molecule has 0 amide bonds. The average molecular weight is 349 g/mol. The first-order chi connectivity index (χ1) is 12.1. The Morgan fingerprint density at radius 2 is 2.08 bits per heavy atom. The maximum atomic E-state index is 13.2. The number of aromatic amines is 1. The van der Waals surface area contributed by atoms with Gasteiger partial charge in [-0.3, -0.25) is 9.20 Å². The summed E-state index contributed by atoms with van der Waals surface area (Å²) in [4.78, 5) is 20.4. The highest BCUT2D eigenvalue weighted by molar-refractivity contribution is 6.29. The number of nitriles is 1. The van der Waals surface area contributed by atoms with E-state index in [1.807, 2.05) is 37.3 Å². The third-order valence-corrected chi connectivity index (χ3v) is 4.65. The minimum absolute atomic E-state index is 0.126. The van der Waals surface area contributed by atoms with Crippen LogP contribution in [-0.4, -0.2) is 14.4 Å². The van der Waals surface area contributed by atoms with E-state index in [1.165, 1.54) is 0 Å². The van der Waals surface area contributed by atoms with Crippen LogP contribution in [0.1, 0.15) is 22.3 Å². The number of imidazole rings is 1. The second kappa shape index (κ2) is 5.76. The van der Waals surface area contributed by atoms with Crippen LogP contribution in [0.2, 0.25) is 5.15 Å². The van der Waals surface area contributed by atoms with Gasteiger partial charge in [-0.25, -0.2) is 4.98 Å². The molecule has 0 fully saturated rings. The van der Waals surface area contributed by atoms with E-state index in [2.05, 4.69) is 16.0 Å². The van der Waals surface area contributed by atoms with Crippen LogP contribution in [0.4, 0.5) is 0 Å². The van der Waals surface area contributed by atoms with Gasteiger partial charge in [0.1, 0.15) is 16.9 Å². The van der Waals surface area contributed by atoms with Gasteiger partial charge >= 0.3 is 0 Å². The van der Waals surface area contributed by atoms with Crippen LogP contribution >= 0.6 is 11.6 Å². The molecule has 25 heavy (non-hydrogen) atoms. The largest absolute Gasteiger partial charge is 0.338 e. The summed E-state index contributed by atoms with van der Waals surface area (Å²) in [6, 6.07) is 13.3. The molecule has 4 aromatic rings. The molecule has 5 nitrogen and oxygen atoms in total. The van der Waals surface area contributed by atoms with Crippen molar-refractivity contribution in [3.05, 3.63) is 80.4 Å². The number of hydrogen-bond donors (Lipinski definition) is 1. The highest BCUT2D eigenvalue weighted by Gasteiger charge is 2.18. The van der Waals surface area contributed by atoms with Crippen molar-refractivity contribution in [1.82, 2.24) is 14.4 Å². The number of rotatable bonds is 2. The van der Waals surface area contributed by atoms with E-state index < -0.39 is 0 Å². The topological polar surface area (TPSA) is 74.0 Å². The third-order valence-electron chi connectivity index (χ3n) is 4.43. The lowest BCUT2D eigenvalue weighted by atomic mass is 10.00. The molecule has 0 radical (unpaired) electrons. The first-order valence-corrected chi connectivity index (χ1v) is 8.13. The molecule has 1 aromatic carbocycles. The SMILES string of the molecule is Cc1c(Cc2ccc(Cl)nc2)c(=O)n2c([nH]c3ccccc32)c1C#N. The van der Waals surface area contributed by atoms with Gasteiger partial charge < -0.3 is 4.98 Å². The fourth-order valence-corrected chi connectivity index (χ4v) is 3.26. The minimum atomic E-state index is -0.126. The third kappa shape index (κ3) is 2.39. The zero-order valence-electron chi connectivity index (χ0n) is 13.4. The van der Waals surface area contributed by atoms with E-state index >= 15 is 0 Å². The van der Waals surface area contributed by atoms with Gasteiger partial charge in [-0.1, -0.05) is 29.8 Å². The van der Waals surface area contributed by atoms with Crippen molar-refractivity contribution in [3.63, 3.8) is 0 Å². The average Bonchev–Trinajstić information content (AvgIpc) is 3.00. The van der Waals surface area contributed by atoms with Gasteiger partial charge in [-0.15, -0.1) is 0 Å². The molecule has 0 aliphatic carbocycles. The van der Waals surface area contributed by atoms with E-state index in [-0.39, 0.29) is 5.56 Å². The van der Waals surface area contributed by atoms with Crippen molar-refractivity contribution in [3.8, 4) is 6.07 Å². The molecule has 122 valence electrons. The number of nitrogens with zero attached hydrogens (tertiary/aromatic N) is 3. The summed E-state index contributed by atoms with van der Waals surface area (Å²) >= 11 is 5.83. The molecule has 0 saturated heterocycles. The lowest BCUT2D eigenvalue weighted by Gasteiger charge is -2.09. The van der Waals surface area contributed by atoms with Gasteiger partial charge in [0, 0.05) is 18.2 Å². The van der Waals surface area contributed by atoms with Crippen molar-refractivity contribution in [2.24, 2.45) is 0 Å². The van der Waals surface area contributed by atoms with Crippen LogP contribution < -0.4 is 5.56 Å². The van der Waals surface area contributed by atoms with Crippen molar-refractivity contribution >= 4 is 28.3 Å². The predicted octanol–water partition coefficient (Wildman–Crippen LogP) is 3.60. The Labute approximate surface area is 148 Å². The molecular formula is C19H13ClN4O. The molecule has 1 N–H and O–H groups in total. The standard InChI is InChI=1S/C19H13ClN4O/c1-11-13(8-12-6-7-17(20)22-10-12)19(25)24-16-5-3-2-4-15(16)23-18(24)14(11)9-21/h2-7,10,23H,8H2,1H3. The fraction of sp³-hybridized carbons (Fsp3) is 0.105. The molecule has 0 aliphatic heterocycles. The van der Waals surface area contributed by atoms with Gasteiger partial charge in [-0.05, 0) is 36.2 Å². The van der Waals surface area contributed by atoms with E-state index in [9.17, 15) is 10.1 Å². The maximum absolute atomic E-state index is 13.2. The van der Waals surface area contributed by atoms with Crippen molar-refractivity contribution in [2.75, 3.05) is 0 Å². The number of benzene rings is 1. The van der Waals surface area contributed by atoms with E-state index in [0.717, 1.165) is 16.6 Å². The summed E-state index contributed by atoms with van der Waals surface area (Å²) < 4.78 is 1.58. The summed E-state index contributed by atoms with van der Waals surface area (Å²) in [5, 5.41) is 10.0. The van der Waals surface area contributed by atoms with Crippen molar-refractivity contribution in [2.45, 2.75) is 13.3 Å². The molecule has 0 saturated carbocycles.